The van der Waals surface area contributed by atoms with Crippen molar-refractivity contribution in [3.63, 3.8) is 0 Å². The Labute approximate surface area is 103 Å². The van der Waals surface area contributed by atoms with E-state index in [0.717, 1.165) is 11.5 Å². The Morgan fingerprint density at radius 3 is 2.53 bits per heavy atom. The van der Waals surface area contributed by atoms with Gasteiger partial charge in [0.25, 0.3) is 0 Å². The summed E-state index contributed by atoms with van der Waals surface area (Å²) in [4.78, 5) is 0. The molecule has 0 aliphatic carbocycles. The van der Waals surface area contributed by atoms with Crippen molar-refractivity contribution >= 4 is 6.08 Å². The summed E-state index contributed by atoms with van der Waals surface area (Å²) in [5.41, 5.74) is 2.21. The van der Waals surface area contributed by atoms with Crippen molar-refractivity contribution in [3.8, 4) is 11.5 Å². The molecule has 1 aliphatic rings. The summed E-state index contributed by atoms with van der Waals surface area (Å²) < 4.78 is 11.3. The highest BCUT2D eigenvalue weighted by atomic mass is 16.5. The van der Waals surface area contributed by atoms with Crippen LogP contribution in [-0.2, 0) is 0 Å². The van der Waals surface area contributed by atoms with E-state index >= 15 is 0 Å². The van der Waals surface area contributed by atoms with Crippen molar-refractivity contribution in [1.82, 2.24) is 0 Å². The van der Waals surface area contributed by atoms with Crippen LogP contribution >= 0.6 is 0 Å². The second-order valence-corrected chi connectivity index (χ2v) is 5.32. The Balaban J connectivity index is 2.57. The first-order valence-electron chi connectivity index (χ1n) is 6.03. The van der Waals surface area contributed by atoms with Crippen molar-refractivity contribution in [2.24, 2.45) is 0 Å². The fourth-order valence-electron chi connectivity index (χ4n) is 2.08. The molecule has 92 valence electrons. The molecule has 2 heteroatoms. The zero-order valence-corrected chi connectivity index (χ0v) is 11.2. The molecular weight excluding hydrogens is 212 g/mol. The molecule has 2 nitrogen and oxygen atoms in total. The zero-order valence-electron chi connectivity index (χ0n) is 11.2. The van der Waals surface area contributed by atoms with Gasteiger partial charge in [0.15, 0.2) is 0 Å². The molecule has 0 fully saturated rings. The second kappa shape index (κ2) is 4.10. The third-order valence-corrected chi connectivity index (χ3v) is 3.03. The first-order valence-corrected chi connectivity index (χ1v) is 6.03. The smallest absolute Gasteiger partial charge is 0.131 e. The molecule has 1 heterocycles. The molecule has 0 saturated carbocycles. The minimum absolute atomic E-state index is 0.242. The maximum absolute atomic E-state index is 5.99. The van der Waals surface area contributed by atoms with Crippen molar-refractivity contribution in [1.29, 1.82) is 0 Å². The van der Waals surface area contributed by atoms with Crippen LogP contribution in [0.15, 0.2) is 18.2 Å². The molecule has 0 bridgehead atoms. The third kappa shape index (κ3) is 2.31. The molecule has 0 saturated heterocycles. The van der Waals surface area contributed by atoms with Crippen LogP contribution in [0, 0.1) is 0 Å². The molecule has 17 heavy (non-hydrogen) atoms. The molecule has 0 N–H and O–H groups in total. The zero-order chi connectivity index (χ0) is 12.6. The Kier molecular flexibility index (Phi) is 2.90. The monoisotopic (exact) mass is 232 g/mol. The molecular formula is C15H20O2. The number of benzene rings is 1. The summed E-state index contributed by atoms with van der Waals surface area (Å²) in [6, 6.07) is 4.06. The average molecular weight is 232 g/mol. The van der Waals surface area contributed by atoms with Gasteiger partial charge in [0.1, 0.15) is 17.1 Å². The van der Waals surface area contributed by atoms with Gasteiger partial charge < -0.3 is 9.47 Å². The standard InChI is InChI=1S/C15H20O2/c1-10(2)13-8-11(16-5)9-14-12(13)6-7-15(3,4)17-14/h6-10H,1-5H3. The second-order valence-electron chi connectivity index (χ2n) is 5.32. The highest BCUT2D eigenvalue weighted by molar-refractivity contribution is 5.66. The van der Waals surface area contributed by atoms with Crippen molar-refractivity contribution in [2.45, 2.75) is 39.2 Å². The number of methoxy groups -OCH3 is 1. The minimum Gasteiger partial charge on any atom is -0.497 e. The first kappa shape index (κ1) is 12.0. The van der Waals surface area contributed by atoms with Gasteiger partial charge in [0, 0.05) is 11.6 Å². The van der Waals surface area contributed by atoms with Gasteiger partial charge in [-0.1, -0.05) is 19.9 Å². The SMILES string of the molecule is COc1cc2c(c(C(C)C)c1)C=CC(C)(C)O2. The van der Waals surface area contributed by atoms with Gasteiger partial charge in [-0.25, -0.2) is 0 Å². The Bertz CT molecular complexity index is 456. The lowest BCUT2D eigenvalue weighted by atomic mass is 9.92. The number of hydrogen-bond acceptors (Lipinski definition) is 2. The molecule has 0 unspecified atom stereocenters. The van der Waals surface area contributed by atoms with E-state index in [0.29, 0.717) is 5.92 Å². The van der Waals surface area contributed by atoms with Crippen LogP contribution in [0.4, 0.5) is 0 Å². The van der Waals surface area contributed by atoms with E-state index in [-0.39, 0.29) is 5.60 Å². The number of rotatable bonds is 2. The van der Waals surface area contributed by atoms with Gasteiger partial charge in [-0.3, -0.25) is 0 Å². The molecule has 0 radical (unpaired) electrons. The minimum atomic E-state index is -0.242. The molecule has 0 aromatic heterocycles. The quantitative estimate of drug-likeness (QED) is 0.767. The Morgan fingerprint density at radius 1 is 1.24 bits per heavy atom. The van der Waals surface area contributed by atoms with Crippen LogP contribution in [0.5, 0.6) is 11.5 Å². The van der Waals surface area contributed by atoms with Crippen molar-refractivity contribution < 1.29 is 9.47 Å². The van der Waals surface area contributed by atoms with E-state index in [1.165, 1.54) is 11.1 Å². The van der Waals surface area contributed by atoms with Crippen molar-refractivity contribution in [2.75, 3.05) is 7.11 Å². The normalized spacial score (nSPS) is 16.6. The number of ether oxygens (including phenoxy) is 2. The van der Waals surface area contributed by atoms with E-state index in [1.807, 2.05) is 6.07 Å². The van der Waals surface area contributed by atoms with Crippen LogP contribution in [0.25, 0.3) is 6.08 Å². The summed E-state index contributed by atoms with van der Waals surface area (Å²) in [6.45, 7) is 8.48. The van der Waals surface area contributed by atoms with Gasteiger partial charge in [0.2, 0.25) is 0 Å². The summed E-state index contributed by atoms with van der Waals surface area (Å²) in [6.07, 6.45) is 4.27. The third-order valence-electron chi connectivity index (χ3n) is 3.03. The van der Waals surface area contributed by atoms with Crippen LogP contribution in [0.2, 0.25) is 0 Å². The summed E-state index contributed by atoms with van der Waals surface area (Å²) in [5, 5.41) is 0. The predicted molar refractivity (Wildman–Crippen MR) is 70.8 cm³/mol. The van der Waals surface area contributed by atoms with Crippen LogP contribution in [0.3, 0.4) is 0 Å². The molecule has 2 rings (SSSR count). The molecule has 1 aromatic rings. The largest absolute Gasteiger partial charge is 0.497 e. The van der Waals surface area contributed by atoms with Gasteiger partial charge in [-0.15, -0.1) is 0 Å². The lowest BCUT2D eigenvalue weighted by Gasteiger charge is -2.30. The molecule has 1 aromatic carbocycles. The number of fused-ring (bicyclic) bond motifs is 1. The van der Waals surface area contributed by atoms with Crippen LogP contribution in [0.1, 0.15) is 44.7 Å². The highest BCUT2D eigenvalue weighted by Crippen LogP contribution is 2.38. The van der Waals surface area contributed by atoms with Gasteiger partial charge in [0.05, 0.1) is 7.11 Å². The highest BCUT2D eigenvalue weighted by Gasteiger charge is 2.24. The van der Waals surface area contributed by atoms with Gasteiger partial charge >= 0.3 is 0 Å². The van der Waals surface area contributed by atoms with E-state index in [2.05, 4.69) is 45.9 Å². The molecule has 0 spiro atoms. The molecule has 0 amide bonds. The summed E-state index contributed by atoms with van der Waals surface area (Å²) in [7, 11) is 1.69. The summed E-state index contributed by atoms with van der Waals surface area (Å²) >= 11 is 0. The maximum Gasteiger partial charge on any atom is 0.131 e. The van der Waals surface area contributed by atoms with Crippen LogP contribution in [-0.4, -0.2) is 12.7 Å². The van der Waals surface area contributed by atoms with Crippen molar-refractivity contribution in [3.05, 3.63) is 29.3 Å². The Hall–Kier alpha value is -1.44. The van der Waals surface area contributed by atoms with Crippen LogP contribution < -0.4 is 9.47 Å². The van der Waals surface area contributed by atoms with E-state index in [1.54, 1.807) is 7.11 Å². The predicted octanol–water partition coefficient (Wildman–Crippen LogP) is 4.00. The topological polar surface area (TPSA) is 18.5 Å². The van der Waals surface area contributed by atoms with E-state index in [4.69, 9.17) is 9.47 Å². The summed E-state index contributed by atoms with van der Waals surface area (Å²) in [5.74, 6) is 2.23. The average Bonchev–Trinajstić information content (AvgIpc) is 2.25. The lowest BCUT2D eigenvalue weighted by molar-refractivity contribution is 0.158. The fourth-order valence-corrected chi connectivity index (χ4v) is 2.08. The first-order chi connectivity index (χ1) is 7.93. The Morgan fingerprint density at radius 2 is 1.94 bits per heavy atom. The van der Waals surface area contributed by atoms with E-state index < -0.39 is 0 Å². The van der Waals surface area contributed by atoms with Gasteiger partial charge in [-0.05, 0) is 37.5 Å². The van der Waals surface area contributed by atoms with E-state index in [9.17, 15) is 0 Å². The fraction of sp³-hybridized carbons (Fsp3) is 0.467. The lowest BCUT2D eigenvalue weighted by Crippen LogP contribution is -2.27. The molecule has 1 aliphatic heterocycles. The van der Waals surface area contributed by atoms with Gasteiger partial charge in [-0.2, -0.15) is 0 Å². The molecule has 0 atom stereocenters. The maximum atomic E-state index is 5.99. The number of hydrogen-bond donors (Lipinski definition) is 0.